The molecular weight excluding hydrogens is 547 g/mol. The molecule has 33 heavy (non-hydrogen) atoms. The maximum atomic E-state index is 10.7. The SMILES string of the molecule is CC1C=CC(C(C)C)C=C1.CC=N.O=S(=O)([O-])C(F)(F)F.[B](n1cccn1)n1cccn1.[Ru+2]. The largest absolute Gasteiger partial charge is 2.00 e. The van der Waals surface area contributed by atoms with Crippen LogP contribution in [0.5, 0.6) is 0 Å². The molecular formula is C19H27BF3N5O3RuS+. The minimum absolute atomic E-state index is 0. The van der Waals surface area contributed by atoms with Gasteiger partial charge in [0.1, 0.15) is 0 Å². The summed E-state index contributed by atoms with van der Waals surface area (Å²) in [5.41, 5.74) is -5.65. The molecule has 0 fully saturated rings. The molecule has 1 N–H and O–H groups in total. The molecule has 0 saturated carbocycles. The van der Waals surface area contributed by atoms with Gasteiger partial charge >= 0.3 is 32.5 Å². The van der Waals surface area contributed by atoms with Crippen molar-refractivity contribution in [2.24, 2.45) is 17.8 Å². The van der Waals surface area contributed by atoms with Crippen LogP contribution in [0.25, 0.3) is 0 Å². The van der Waals surface area contributed by atoms with E-state index in [1.807, 2.05) is 24.5 Å². The van der Waals surface area contributed by atoms with Crippen molar-refractivity contribution in [1.82, 2.24) is 19.4 Å². The van der Waals surface area contributed by atoms with E-state index in [1.54, 1.807) is 36.1 Å². The first-order chi connectivity index (χ1) is 14.8. The van der Waals surface area contributed by atoms with Gasteiger partial charge in [-0.1, -0.05) is 45.1 Å². The third-order valence-corrected chi connectivity index (χ3v) is 4.18. The van der Waals surface area contributed by atoms with Crippen LogP contribution in [0.3, 0.4) is 0 Å². The van der Waals surface area contributed by atoms with Crippen molar-refractivity contribution in [2.75, 3.05) is 0 Å². The molecule has 8 nitrogen and oxygen atoms in total. The number of rotatable bonds is 3. The van der Waals surface area contributed by atoms with Gasteiger partial charge in [-0.25, -0.2) is 8.42 Å². The van der Waals surface area contributed by atoms with E-state index in [4.69, 9.17) is 18.4 Å². The molecule has 0 atom stereocenters. The van der Waals surface area contributed by atoms with Crippen LogP contribution < -0.4 is 0 Å². The Morgan fingerprint density at radius 1 is 1.06 bits per heavy atom. The van der Waals surface area contributed by atoms with Crippen molar-refractivity contribution in [3.05, 3.63) is 61.2 Å². The van der Waals surface area contributed by atoms with Gasteiger partial charge in [0.15, 0.2) is 10.1 Å². The summed E-state index contributed by atoms with van der Waals surface area (Å²) in [4.78, 5) is 0. The zero-order valence-corrected chi connectivity index (χ0v) is 21.1. The molecule has 1 aliphatic carbocycles. The number of allylic oxidation sites excluding steroid dienone is 4. The fraction of sp³-hybridized carbons (Fsp3) is 0.421. The van der Waals surface area contributed by atoms with Crippen LogP contribution in [0.1, 0.15) is 27.7 Å². The van der Waals surface area contributed by atoms with E-state index in [0.717, 1.165) is 5.92 Å². The normalized spacial score (nSPS) is 16.6. The zero-order valence-electron chi connectivity index (χ0n) is 18.6. The average molecular weight is 574 g/mol. The molecule has 2 aromatic heterocycles. The third kappa shape index (κ3) is 15.4. The number of hydrogen-bond acceptors (Lipinski definition) is 6. The second-order valence-corrected chi connectivity index (χ2v) is 8.10. The number of hydrogen-bond donors (Lipinski definition) is 1. The van der Waals surface area contributed by atoms with Gasteiger partial charge in [-0.3, -0.25) is 9.19 Å². The first-order valence-electron chi connectivity index (χ1n) is 9.49. The molecule has 1 radical (unpaired) electrons. The van der Waals surface area contributed by atoms with Crippen molar-refractivity contribution >= 4 is 23.9 Å². The zero-order chi connectivity index (χ0) is 24.8. The Bertz CT molecular complexity index is 873. The van der Waals surface area contributed by atoms with E-state index in [2.05, 4.69) is 55.3 Å². The van der Waals surface area contributed by atoms with Crippen LogP contribution in [0.4, 0.5) is 13.2 Å². The Morgan fingerprint density at radius 3 is 1.67 bits per heavy atom. The number of nitrogens with one attached hydrogen (secondary N) is 1. The molecule has 0 amide bonds. The fourth-order valence-electron chi connectivity index (χ4n) is 2.00. The Morgan fingerprint density at radius 2 is 1.42 bits per heavy atom. The summed E-state index contributed by atoms with van der Waals surface area (Å²) < 4.78 is 62.3. The van der Waals surface area contributed by atoms with Crippen LogP contribution in [-0.2, 0) is 29.6 Å². The molecule has 0 spiro atoms. The van der Waals surface area contributed by atoms with Crippen molar-refractivity contribution in [2.45, 2.75) is 33.2 Å². The Balaban J connectivity index is 0. The number of nitrogens with zero attached hydrogens (tertiary/aromatic N) is 4. The monoisotopic (exact) mass is 575 g/mol. The molecule has 1 aliphatic rings. The van der Waals surface area contributed by atoms with E-state index in [-0.39, 0.29) is 19.5 Å². The summed E-state index contributed by atoms with van der Waals surface area (Å²) in [6.45, 7) is 8.40. The number of halogens is 3. The Hall–Kier alpha value is -2.04. The predicted molar refractivity (Wildman–Crippen MR) is 117 cm³/mol. The van der Waals surface area contributed by atoms with Crippen LogP contribution in [0.2, 0.25) is 0 Å². The molecule has 2 heterocycles. The van der Waals surface area contributed by atoms with Crippen LogP contribution in [-0.4, -0.2) is 51.6 Å². The van der Waals surface area contributed by atoms with E-state index in [1.165, 1.54) is 6.21 Å². The Labute approximate surface area is 206 Å². The molecule has 0 aliphatic heterocycles. The topological polar surface area (TPSA) is 117 Å². The predicted octanol–water partition coefficient (Wildman–Crippen LogP) is 3.74. The van der Waals surface area contributed by atoms with Crippen LogP contribution >= 0.6 is 0 Å². The molecule has 0 aromatic carbocycles. The minimum Gasteiger partial charge on any atom is -0.741 e. The van der Waals surface area contributed by atoms with Crippen molar-refractivity contribution in [3.8, 4) is 0 Å². The van der Waals surface area contributed by atoms with Gasteiger partial charge in [0, 0.05) is 24.8 Å². The minimum atomic E-state index is -6.09. The van der Waals surface area contributed by atoms with E-state index in [9.17, 15) is 13.2 Å². The number of aromatic nitrogens is 4. The fourth-order valence-corrected chi connectivity index (χ4v) is 2.00. The van der Waals surface area contributed by atoms with Gasteiger partial charge in [0.2, 0.25) is 0 Å². The molecule has 2 aromatic rings. The average Bonchev–Trinajstić information content (AvgIpc) is 3.37. The summed E-state index contributed by atoms with van der Waals surface area (Å²) in [5.74, 6) is 2.08. The van der Waals surface area contributed by atoms with E-state index < -0.39 is 15.6 Å². The second-order valence-electron chi connectivity index (χ2n) is 6.73. The molecule has 3 rings (SSSR count). The van der Waals surface area contributed by atoms with Gasteiger partial charge in [-0.05, 0) is 43.0 Å². The first-order valence-corrected chi connectivity index (χ1v) is 10.9. The molecule has 0 saturated heterocycles. The van der Waals surface area contributed by atoms with Gasteiger partial charge < -0.3 is 9.96 Å². The molecule has 0 unspecified atom stereocenters. The summed E-state index contributed by atoms with van der Waals surface area (Å²) in [6.07, 6.45) is 17.6. The van der Waals surface area contributed by atoms with Crippen molar-refractivity contribution in [1.29, 1.82) is 5.41 Å². The second kappa shape index (κ2) is 16.6. The van der Waals surface area contributed by atoms with Crippen molar-refractivity contribution < 1.29 is 45.6 Å². The van der Waals surface area contributed by atoms with Gasteiger partial charge in [-0.2, -0.15) is 23.4 Å². The van der Waals surface area contributed by atoms with E-state index in [0.29, 0.717) is 11.8 Å². The third-order valence-electron chi connectivity index (χ3n) is 3.61. The maximum Gasteiger partial charge on any atom is 2.00 e. The smallest absolute Gasteiger partial charge is 0.741 e. The Kier molecular flexibility index (Phi) is 16.6. The molecule has 14 heteroatoms. The van der Waals surface area contributed by atoms with E-state index >= 15 is 0 Å². The summed E-state index contributed by atoms with van der Waals surface area (Å²) >= 11 is 0. The van der Waals surface area contributed by atoms with Gasteiger partial charge in [0.05, 0.1) is 0 Å². The van der Waals surface area contributed by atoms with Gasteiger partial charge in [-0.15, -0.1) is 0 Å². The molecule has 0 bridgehead atoms. The van der Waals surface area contributed by atoms with Crippen molar-refractivity contribution in [3.63, 3.8) is 0 Å². The molecule has 183 valence electrons. The standard InChI is InChI=1S/C10H16.C6H6BN4.C2H5N.CHF3O3S.Ru/c1-8(2)10-6-4-9(3)5-7-10;1-3-8-10(5-1)7-11-6-2-4-9-11;1-2-3;2-1(3,4)8(5,6)7;/h4-10H,1-3H3;1-6H;2-3H,1H3;(H,5,6,7);/q;;;;+2/p-1. The first kappa shape index (κ1) is 33.1. The van der Waals surface area contributed by atoms with Crippen LogP contribution in [0.15, 0.2) is 61.2 Å². The summed E-state index contributed by atoms with van der Waals surface area (Å²) in [6, 6.07) is 3.72. The summed E-state index contributed by atoms with van der Waals surface area (Å²) in [7, 11) is -4.31. The summed E-state index contributed by atoms with van der Waals surface area (Å²) in [5, 5.41) is 14.1. The van der Waals surface area contributed by atoms with Gasteiger partial charge in [0.25, 0.3) is 0 Å². The van der Waals surface area contributed by atoms with Crippen LogP contribution in [0, 0.1) is 23.2 Å². The number of alkyl halides is 3. The quantitative estimate of drug-likeness (QED) is 0.197. The maximum absolute atomic E-state index is 10.7.